The summed E-state index contributed by atoms with van der Waals surface area (Å²) in [4.78, 5) is 0. The minimum absolute atomic E-state index is 0.377. The van der Waals surface area contributed by atoms with E-state index in [4.69, 9.17) is 13.9 Å². The summed E-state index contributed by atoms with van der Waals surface area (Å²) in [5.41, 5.74) is 1.12. The first kappa shape index (κ1) is 16.4. The lowest BCUT2D eigenvalue weighted by atomic mass is 10.2. The Morgan fingerprint density at radius 1 is 1.14 bits per heavy atom. The lowest BCUT2D eigenvalue weighted by molar-refractivity contribution is 0.263. The van der Waals surface area contributed by atoms with Gasteiger partial charge in [-0.25, -0.2) is 0 Å². The van der Waals surface area contributed by atoms with E-state index >= 15 is 0 Å². The van der Waals surface area contributed by atoms with Gasteiger partial charge in [-0.1, -0.05) is 0 Å². The van der Waals surface area contributed by atoms with Crippen molar-refractivity contribution in [1.29, 1.82) is 0 Å². The average molecular weight is 419 g/mol. The fourth-order valence-electron chi connectivity index (χ4n) is 1.92. The molecule has 1 heterocycles. The van der Waals surface area contributed by atoms with Crippen LogP contribution in [0.25, 0.3) is 0 Å². The van der Waals surface area contributed by atoms with Gasteiger partial charge in [0.05, 0.1) is 22.6 Å². The van der Waals surface area contributed by atoms with Crippen LogP contribution < -0.4 is 14.8 Å². The molecule has 0 spiro atoms. The molecule has 0 bridgehead atoms. The Morgan fingerprint density at radius 2 is 1.81 bits per heavy atom. The number of furan rings is 1. The number of benzene rings is 1. The molecule has 0 aliphatic carbocycles. The highest BCUT2D eigenvalue weighted by molar-refractivity contribution is 9.11. The summed E-state index contributed by atoms with van der Waals surface area (Å²) in [6.45, 7) is 3.12. The van der Waals surface area contributed by atoms with Gasteiger partial charge in [0.15, 0.2) is 0 Å². The highest BCUT2D eigenvalue weighted by Crippen LogP contribution is 2.36. The van der Waals surface area contributed by atoms with E-state index in [-0.39, 0.29) is 0 Å². The van der Waals surface area contributed by atoms with Crippen LogP contribution in [0.1, 0.15) is 17.1 Å². The van der Waals surface area contributed by atoms with Gasteiger partial charge >= 0.3 is 0 Å². The van der Waals surface area contributed by atoms with Gasteiger partial charge in [0, 0.05) is 0 Å². The molecule has 0 unspecified atom stereocenters. The van der Waals surface area contributed by atoms with Gasteiger partial charge in [0.25, 0.3) is 0 Å². The Hall–Kier alpha value is -0.980. The third-order valence-corrected chi connectivity index (χ3v) is 4.22. The molecule has 21 heavy (non-hydrogen) atoms. The molecule has 4 nitrogen and oxygen atoms in total. The predicted molar refractivity (Wildman–Crippen MR) is 88.9 cm³/mol. The third kappa shape index (κ3) is 4.02. The maximum atomic E-state index is 5.80. The topological polar surface area (TPSA) is 43.6 Å². The van der Waals surface area contributed by atoms with Crippen molar-refractivity contribution in [2.45, 2.75) is 20.1 Å². The van der Waals surface area contributed by atoms with E-state index < -0.39 is 0 Å². The van der Waals surface area contributed by atoms with E-state index in [1.54, 1.807) is 7.11 Å². The zero-order chi connectivity index (χ0) is 15.4. The van der Waals surface area contributed by atoms with Crippen molar-refractivity contribution in [3.63, 3.8) is 0 Å². The number of hydrogen-bond acceptors (Lipinski definition) is 4. The van der Waals surface area contributed by atoms with Gasteiger partial charge in [-0.15, -0.1) is 0 Å². The largest absolute Gasteiger partial charge is 0.496 e. The molecule has 0 amide bonds. The normalized spacial score (nSPS) is 10.7. The smallest absolute Gasteiger partial charge is 0.146 e. The van der Waals surface area contributed by atoms with Crippen molar-refractivity contribution in [3.05, 3.63) is 44.2 Å². The summed E-state index contributed by atoms with van der Waals surface area (Å²) >= 11 is 6.92. The van der Waals surface area contributed by atoms with Crippen molar-refractivity contribution in [3.8, 4) is 11.5 Å². The van der Waals surface area contributed by atoms with Gasteiger partial charge in [0.1, 0.15) is 29.6 Å². The monoisotopic (exact) mass is 417 g/mol. The molecule has 6 heteroatoms. The molecule has 1 aromatic carbocycles. The molecule has 0 aliphatic heterocycles. The van der Waals surface area contributed by atoms with Gasteiger partial charge in [-0.3, -0.25) is 0 Å². The average Bonchev–Trinajstić information content (AvgIpc) is 2.80. The van der Waals surface area contributed by atoms with Crippen molar-refractivity contribution in [2.24, 2.45) is 0 Å². The second kappa shape index (κ2) is 7.33. The number of hydrogen-bond donors (Lipinski definition) is 1. The number of aryl methyl sites for hydroxylation is 1. The van der Waals surface area contributed by atoms with Gasteiger partial charge in [-0.05, 0) is 69.6 Å². The molecule has 2 aromatic rings. The summed E-state index contributed by atoms with van der Waals surface area (Å²) in [6.07, 6.45) is 0. The van der Waals surface area contributed by atoms with Crippen LogP contribution in [0.3, 0.4) is 0 Å². The van der Waals surface area contributed by atoms with Crippen LogP contribution in [0.2, 0.25) is 0 Å². The van der Waals surface area contributed by atoms with Crippen molar-refractivity contribution in [2.75, 3.05) is 14.2 Å². The molecule has 1 aromatic heterocycles. The zero-order valence-corrected chi connectivity index (χ0v) is 15.3. The van der Waals surface area contributed by atoms with E-state index in [0.29, 0.717) is 13.2 Å². The summed E-state index contributed by atoms with van der Waals surface area (Å²) in [5, 5.41) is 3.08. The molecule has 0 radical (unpaired) electrons. The Labute approximate surface area is 141 Å². The van der Waals surface area contributed by atoms with E-state index in [0.717, 1.165) is 37.5 Å². The quantitative estimate of drug-likeness (QED) is 0.753. The number of halogens is 2. The van der Waals surface area contributed by atoms with Crippen LogP contribution in [-0.4, -0.2) is 14.2 Å². The third-order valence-electron chi connectivity index (χ3n) is 2.99. The Kier molecular flexibility index (Phi) is 5.72. The Bertz CT molecular complexity index is 626. The first-order valence-corrected chi connectivity index (χ1v) is 8.02. The van der Waals surface area contributed by atoms with Crippen LogP contribution in [0, 0.1) is 6.92 Å². The van der Waals surface area contributed by atoms with E-state index in [2.05, 4.69) is 37.2 Å². The molecule has 1 N–H and O–H groups in total. The summed E-state index contributed by atoms with van der Waals surface area (Å²) in [7, 11) is 3.52. The summed E-state index contributed by atoms with van der Waals surface area (Å²) in [6, 6.07) is 5.73. The van der Waals surface area contributed by atoms with Crippen LogP contribution in [0.15, 0.2) is 31.6 Å². The van der Waals surface area contributed by atoms with Gasteiger partial charge in [-0.2, -0.15) is 0 Å². The number of rotatable bonds is 6. The predicted octanol–water partition coefficient (Wildman–Crippen LogP) is 4.42. The second-order valence-corrected chi connectivity index (χ2v) is 6.26. The summed E-state index contributed by atoms with van der Waals surface area (Å²) < 4.78 is 18.5. The summed E-state index contributed by atoms with van der Waals surface area (Å²) in [5.74, 6) is 3.22. The van der Waals surface area contributed by atoms with Crippen molar-refractivity contribution >= 4 is 31.9 Å². The molecule has 0 saturated carbocycles. The van der Waals surface area contributed by atoms with Crippen LogP contribution >= 0.6 is 31.9 Å². The molecule has 0 saturated heterocycles. The zero-order valence-electron chi connectivity index (χ0n) is 12.1. The van der Waals surface area contributed by atoms with Crippen LogP contribution in [0.4, 0.5) is 0 Å². The molecule has 0 atom stereocenters. The van der Waals surface area contributed by atoms with E-state index in [1.807, 2.05) is 32.2 Å². The highest BCUT2D eigenvalue weighted by Gasteiger charge is 2.11. The van der Waals surface area contributed by atoms with Crippen LogP contribution in [-0.2, 0) is 13.2 Å². The van der Waals surface area contributed by atoms with Gasteiger partial charge < -0.3 is 19.2 Å². The molecule has 2 rings (SSSR count). The number of ether oxygens (including phenoxy) is 2. The lowest BCUT2D eigenvalue weighted by Gasteiger charge is -2.10. The molecular formula is C15H17Br2NO3. The lowest BCUT2D eigenvalue weighted by Crippen LogP contribution is -2.04. The minimum atomic E-state index is 0.377. The van der Waals surface area contributed by atoms with E-state index in [9.17, 15) is 0 Å². The van der Waals surface area contributed by atoms with Crippen molar-refractivity contribution in [1.82, 2.24) is 5.32 Å². The fourth-order valence-corrected chi connectivity index (χ4v) is 2.84. The van der Waals surface area contributed by atoms with E-state index in [1.165, 1.54) is 0 Å². The minimum Gasteiger partial charge on any atom is -0.496 e. The Morgan fingerprint density at radius 3 is 2.48 bits per heavy atom. The Balaban J connectivity index is 2.09. The standard InChI is InChI=1S/C15H17Br2NO3/c1-9-4-10(21-15(9)7-18-2)8-20-14-6-11(16)13(19-3)5-12(14)17/h4-6,18H,7-8H2,1-3H3. The second-order valence-electron chi connectivity index (χ2n) is 4.56. The first-order valence-electron chi connectivity index (χ1n) is 6.43. The van der Waals surface area contributed by atoms with Crippen LogP contribution in [0.5, 0.6) is 11.5 Å². The molecule has 0 fully saturated rings. The number of nitrogens with one attached hydrogen (secondary N) is 1. The fraction of sp³-hybridized carbons (Fsp3) is 0.333. The highest BCUT2D eigenvalue weighted by atomic mass is 79.9. The van der Waals surface area contributed by atoms with Gasteiger partial charge in [0.2, 0.25) is 0 Å². The SMILES string of the molecule is CNCc1oc(COc2cc(Br)c(OC)cc2Br)cc1C. The van der Waals surface area contributed by atoms with Crippen molar-refractivity contribution < 1.29 is 13.9 Å². The molecule has 114 valence electrons. The molecular weight excluding hydrogens is 402 g/mol. The molecule has 0 aliphatic rings. The maximum absolute atomic E-state index is 5.80. The number of methoxy groups -OCH3 is 1. The maximum Gasteiger partial charge on any atom is 0.146 e. The first-order chi connectivity index (χ1) is 10.0.